The van der Waals surface area contributed by atoms with E-state index in [4.69, 9.17) is 4.42 Å². The highest BCUT2D eigenvalue weighted by molar-refractivity contribution is 9.10. The van der Waals surface area contributed by atoms with Gasteiger partial charge in [0.15, 0.2) is 0 Å². The summed E-state index contributed by atoms with van der Waals surface area (Å²) in [5.74, 6) is 1.60. The summed E-state index contributed by atoms with van der Waals surface area (Å²) < 4.78 is 6.53. The predicted octanol–water partition coefficient (Wildman–Crippen LogP) is 3.47. The molecule has 18 heavy (non-hydrogen) atoms. The van der Waals surface area contributed by atoms with Crippen LogP contribution in [0.2, 0.25) is 0 Å². The van der Waals surface area contributed by atoms with Gasteiger partial charge in [0.1, 0.15) is 5.76 Å². The van der Waals surface area contributed by atoms with E-state index in [0.717, 1.165) is 22.5 Å². The SMILES string of the molecule is Cc1cnc(CNC(C)Cc2ccc(Br)cc2)o1. The van der Waals surface area contributed by atoms with Gasteiger partial charge in [-0.15, -0.1) is 0 Å². The Hall–Kier alpha value is -1.13. The predicted molar refractivity (Wildman–Crippen MR) is 75.4 cm³/mol. The van der Waals surface area contributed by atoms with Crippen molar-refractivity contribution in [2.45, 2.75) is 32.9 Å². The Kier molecular flexibility index (Phi) is 4.55. The molecule has 2 aromatic rings. The fraction of sp³-hybridized carbons (Fsp3) is 0.357. The fourth-order valence-corrected chi connectivity index (χ4v) is 2.06. The molecule has 0 saturated carbocycles. The number of benzene rings is 1. The molecule has 0 radical (unpaired) electrons. The third-order valence-electron chi connectivity index (χ3n) is 2.73. The van der Waals surface area contributed by atoms with Gasteiger partial charge in [0.25, 0.3) is 0 Å². The minimum atomic E-state index is 0.387. The lowest BCUT2D eigenvalue weighted by Crippen LogP contribution is -2.27. The van der Waals surface area contributed by atoms with E-state index in [2.05, 4.69) is 57.4 Å². The quantitative estimate of drug-likeness (QED) is 0.919. The zero-order chi connectivity index (χ0) is 13.0. The Balaban J connectivity index is 1.81. The highest BCUT2D eigenvalue weighted by Crippen LogP contribution is 2.12. The Morgan fingerprint density at radius 2 is 2.06 bits per heavy atom. The number of hydrogen-bond donors (Lipinski definition) is 1. The average molecular weight is 309 g/mol. The number of oxazole rings is 1. The Labute approximate surface area is 116 Å². The first-order valence-corrected chi connectivity index (χ1v) is 6.82. The van der Waals surface area contributed by atoms with Crippen LogP contribution in [-0.2, 0) is 13.0 Å². The van der Waals surface area contributed by atoms with Crippen LogP contribution in [0.1, 0.15) is 24.1 Å². The molecule has 3 nitrogen and oxygen atoms in total. The van der Waals surface area contributed by atoms with E-state index in [1.165, 1.54) is 5.56 Å². The molecule has 1 heterocycles. The number of rotatable bonds is 5. The van der Waals surface area contributed by atoms with Crippen LogP contribution in [-0.4, -0.2) is 11.0 Å². The molecule has 0 saturated heterocycles. The molecule has 0 aliphatic rings. The van der Waals surface area contributed by atoms with Crippen molar-refractivity contribution in [1.82, 2.24) is 10.3 Å². The third-order valence-corrected chi connectivity index (χ3v) is 3.25. The molecule has 2 rings (SSSR count). The first-order chi connectivity index (χ1) is 8.63. The van der Waals surface area contributed by atoms with Gasteiger partial charge in [-0.05, 0) is 38.0 Å². The lowest BCUT2D eigenvalue weighted by molar-refractivity contribution is 0.427. The van der Waals surface area contributed by atoms with Gasteiger partial charge in [-0.1, -0.05) is 28.1 Å². The van der Waals surface area contributed by atoms with E-state index in [-0.39, 0.29) is 0 Å². The molecule has 1 atom stereocenters. The van der Waals surface area contributed by atoms with E-state index in [1.54, 1.807) is 6.20 Å². The maximum Gasteiger partial charge on any atom is 0.208 e. The first-order valence-electron chi connectivity index (χ1n) is 6.02. The van der Waals surface area contributed by atoms with Crippen LogP contribution in [0.25, 0.3) is 0 Å². The second-order valence-electron chi connectivity index (χ2n) is 4.48. The van der Waals surface area contributed by atoms with Crippen LogP contribution >= 0.6 is 15.9 Å². The number of nitrogens with zero attached hydrogens (tertiary/aromatic N) is 1. The molecular formula is C14H17BrN2O. The van der Waals surface area contributed by atoms with E-state index >= 15 is 0 Å². The Bertz CT molecular complexity index is 493. The summed E-state index contributed by atoms with van der Waals surface area (Å²) in [6.45, 7) is 4.74. The summed E-state index contributed by atoms with van der Waals surface area (Å²) >= 11 is 3.44. The zero-order valence-electron chi connectivity index (χ0n) is 10.6. The van der Waals surface area contributed by atoms with Gasteiger partial charge in [0, 0.05) is 10.5 Å². The second kappa shape index (κ2) is 6.16. The van der Waals surface area contributed by atoms with Crippen LogP contribution in [0, 0.1) is 6.92 Å². The van der Waals surface area contributed by atoms with Crippen LogP contribution in [0.15, 0.2) is 39.4 Å². The minimum Gasteiger partial charge on any atom is -0.445 e. The van der Waals surface area contributed by atoms with Crippen molar-refractivity contribution < 1.29 is 4.42 Å². The van der Waals surface area contributed by atoms with Crippen LogP contribution in [0.3, 0.4) is 0 Å². The van der Waals surface area contributed by atoms with E-state index < -0.39 is 0 Å². The minimum absolute atomic E-state index is 0.387. The van der Waals surface area contributed by atoms with Gasteiger partial charge in [0.05, 0.1) is 12.7 Å². The van der Waals surface area contributed by atoms with Crippen molar-refractivity contribution in [3.8, 4) is 0 Å². The molecule has 1 aromatic carbocycles. The van der Waals surface area contributed by atoms with E-state index in [0.29, 0.717) is 12.6 Å². The summed E-state index contributed by atoms with van der Waals surface area (Å²) in [5, 5.41) is 3.41. The maximum absolute atomic E-state index is 5.42. The summed E-state index contributed by atoms with van der Waals surface area (Å²) in [6, 6.07) is 8.80. The standard InChI is InChI=1S/C14H17BrN2O/c1-10(7-12-3-5-13(15)6-4-12)16-9-14-17-8-11(2)18-14/h3-6,8,10,16H,7,9H2,1-2H3. The number of halogens is 1. The topological polar surface area (TPSA) is 38.1 Å². The average Bonchev–Trinajstić information content (AvgIpc) is 2.76. The number of aryl methyl sites for hydroxylation is 1. The lowest BCUT2D eigenvalue weighted by atomic mass is 10.1. The van der Waals surface area contributed by atoms with Crippen molar-refractivity contribution in [3.63, 3.8) is 0 Å². The van der Waals surface area contributed by atoms with Crippen molar-refractivity contribution in [3.05, 3.63) is 52.1 Å². The molecule has 0 bridgehead atoms. The molecule has 1 unspecified atom stereocenters. The molecule has 4 heteroatoms. The van der Waals surface area contributed by atoms with E-state index in [1.807, 2.05) is 6.92 Å². The van der Waals surface area contributed by atoms with Crippen molar-refractivity contribution in [2.24, 2.45) is 0 Å². The monoisotopic (exact) mass is 308 g/mol. The highest BCUT2D eigenvalue weighted by atomic mass is 79.9. The molecule has 0 fully saturated rings. The lowest BCUT2D eigenvalue weighted by Gasteiger charge is -2.12. The van der Waals surface area contributed by atoms with Gasteiger partial charge >= 0.3 is 0 Å². The van der Waals surface area contributed by atoms with Crippen LogP contribution in [0.5, 0.6) is 0 Å². The summed E-state index contributed by atoms with van der Waals surface area (Å²) in [5.41, 5.74) is 1.32. The molecule has 96 valence electrons. The Morgan fingerprint density at radius 1 is 1.33 bits per heavy atom. The van der Waals surface area contributed by atoms with Gasteiger partial charge < -0.3 is 9.73 Å². The molecule has 0 spiro atoms. The van der Waals surface area contributed by atoms with Crippen molar-refractivity contribution in [1.29, 1.82) is 0 Å². The maximum atomic E-state index is 5.42. The molecule has 0 aliphatic carbocycles. The van der Waals surface area contributed by atoms with Crippen LogP contribution in [0.4, 0.5) is 0 Å². The molecule has 1 N–H and O–H groups in total. The largest absolute Gasteiger partial charge is 0.445 e. The zero-order valence-corrected chi connectivity index (χ0v) is 12.2. The van der Waals surface area contributed by atoms with E-state index in [9.17, 15) is 0 Å². The molecular weight excluding hydrogens is 292 g/mol. The van der Waals surface area contributed by atoms with Crippen LogP contribution < -0.4 is 5.32 Å². The van der Waals surface area contributed by atoms with Gasteiger partial charge in [-0.3, -0.25) is 0 Å². The molecule has 1 aromatic heterocycles. The summed E-state index contributed by atoms with van der Waals surface area (Å²) in [7, 11) is 0. The second-order valence-corrected chi connectivity index (χ2v) is 5.39. The third kappa shape index (κ3) is 3.96. The van der Waals surface area contributed by atoms with Gasteiger partial charge in [-0.2, -0.15) is 0 Å². The normalized spacial score (nSPS) is 12.6. The smallest absolute Gasteiger partial charge is 0.208 e. The first kappa shape index (κ1) is 13.3. The molecule has 0 amide bonds. The van der Waals surface area contributed by atoms with Crippen molar-refractivity contribution in [2.75, 3.05) is 0 Å². The highest BCUT2D eigenvalue weighted by Gasteiger charge is 2.05. The summed E-state index contributed by atoms with van der Waals surface area (Å²) in [4.78, 5) is 4.17. The summed E-state index contributed by atoms with van der Waals surface area (Å²) in [6.07, 6.45) is 2.74. The van der Waals surface area contributed by atoms with Crippen molar-refractivity contribution >= 4 is 15.9 Å². The number of aromatic nitrogens is 1. The fourth-order valence-electron chi connectivity index (χ4n) is 1.79. The number of nitrogens with one attached hydrogen (secondary N) is 1. The van der Waals surface area contributed by atoms with Gasteiger partial charge in [-0.25, -0.2) is 4.98 Å². The Morgan fingerprint density at radius 3 is 2.67 bits per heavy atom. The molecule has 0 aliphatic heterocycles. The number of hydrogen-bond acceptors (Lipinski definition) is 3. The van der Waals surface area contributed by atoms with Gasteiger partial charge in [0.2, 0.25) is 5.89 Å².